The van der Waals surface area contributed by atoms with Gasteiger partial charge in [0.1, 0.15) is 16.7 Å². The Bertz CT molecular complexity index is 1210. The molecule has 2 aromatic heterocycles. The number of methoxy groups -OCH3 is 1. The summed E-state index contributed by atoms with van der Waals surface area (Å²) in [5.74, 6) is 1.46. The number of thioether (sulfide) groups is 1. The van der Waals surface area contributed by atoms with Gasteiger partial charge in [-0.05, 0) is 43.3 Å². The number of hydrogen-bond donors (Lipinski definition) is 1. The Morgan fingerprint density at radius 3 is 2.68 bits per heavy atom. The summed E-state index contributed by atoms with van der Waals surface area (Å²) < 4.78 is 5.18. The van der Waals surface area contributed by atoms with Crippen molar-refractivity contribution in [2.45, 2.75) is 24.5 Å². The molecule has 9 nitrogen and oxygen atoms in total. The van der Waals surface area contributed by atoms with Gasteiger partial charge in [-0.15, -0.1) is 0 Å². The first kappa shape index (κ1) is 26.7. The number of aromatic nitrogens is 3. The Morgan fingerprint density at radius 2 is 1.97 bits per heavy atom. The van der Waals surface area contributed by atoms with Gasteiger partial charge < -0.3 is 19.9 Å². The zero-order valence-electron chi connectivity index (χ0n) is 20.8. The van der Waals surface area contributed by atoms with Crippen molar-refractivity contribution < 1.29 is 14.3 Å². The highest BCUT2D eigenvalue weighted by Gasteiger charge is 2.29. The van der Waals surface area contributed by atoms with E-state index in [2.05, 4.69) is 25.2 Å². The third-order valence-corrected chi connectivity index (χ3v) is 7.01. The molecule has 1 atom stereocenters. The molecule has 1 aliphatic rings. The normalized spacial score (nSPS) is 15.4. The summed E-state index contributed by atoms with van der Waals surface area (Å²) in [6.07, 6.45) is 2.40. The first-order valence-electron chi connectivity index (χ1n) is 12.0. The maximum Gasteiger partial charge on any atom is 0.254 e. The van der Waals surface area contributed by atoms with E-state index in [4.69, 9.17) is 16.3 Å². The van der Waals surface area contributed by atoms with Crippen molar-refractivity contribution in [1.82, 2.24) is 25.2 Å². The van der Waals surface area contributed by atoms with Gasteiger partial charge in [0.05, 0.1) is 12.9 Å². The fourth-order valence-electron chi connectivity index (χ4n) is 4.04. The van der Waals surface area contributed by atoms with E-state index < -0.39 is 0 Å². The van der Waals surface area contributed by atoms with Crippen LogP contribution in [0.4, 0.5) is 5.82 Å². The number of carbonyl (C=O) groups is 2. The summed E-state index contributed by atoms with van der Waals surface area (Å²) in [4.78, 5) is 42.4. The Balaban J connectivity index is 1.30. The second kappa shape index (κ2) is 12.7. The van der Waals surface area contributed by atoms with E-state index in [0.717, 1.165) is 5.69 Å². The smallest absolute Gasteiger partial charge is 0.254 e. The van der Waals surface area contributed by atoms with Gasteiger partial charge in [0.2, 0.25) is 5.91 Å². The number of hydrogen-bond acceptors (Lipinski definition) is 8. The van der Waals surface area contributed by atoms with E-state index in [-0.39, 0.29) is 23.6 Å². The molecule has 3 heterocycles. The van der Waals surface area contributed by atoms with E-state index in [1.54, 1.807) is 43.6 Å². The van der Waals surface area contributed by atoms with Crippen molar-refractivity contribution in [3.05, 3.63) is 71.1 Å². The molecular formula is C26H29ClN6O3S. The van der Waals surface area contributed by atoms with Gasteiger partial charge in [-0.2, -0.15) is 0 Å². The topological polar surface area (TPSA) is 101 Å². The summed E-state index contributed by atoms with van der Waals surface area (Å²) in [6, 6.07) is 14.5. The molecule has 1 N–H and O–H groups in total. The van der Waals surface area contributed by atoms with Crippen molar-refractivity contribution in [1.29, 1.82) is 0 Å². The highest BCUT2D eigenvalue weighted by Crippen LogP contribution is 2.25. The molecule has 1 unspecified atom stereocenters. The van der Waals surface area contributed by atoms with Gasteiger partial charge in [-0.1, -0.05) is 29.4 Å². The highest BCUT2D eigenvalue weighted by molar-refractivity contribution is 7.99. The van der Waals surface area contributed by atoms with E-state index in [9.17, 15) is 9.59 Å². The standard InChI is InChI=1S/C26H29ClN6O3S/c1-18-16-32(13-14-33(18)25(35)19-6-8-21(36-2)9-7-19)23-15-22(27)30-26(31-23)37-17-24(34)29-12-10-20-5-3-4-11-28-20/h3-9,11,15,18H,10,12-14,16-17H2,1-2H3,(H,29,34). The molecule has 11 heteroatoms. The summed E-state index contributed by atoms with van der Waals surface area (Å²) in [6.45, 7) is 4.29. The molecule has 3 aromatic rings. The molecule has 0 spiro atoms. The minimum absolute atomic E-state index is 0.0131. The van der Waals surface area contributed by atoms with Gasteiger partial charge in [0.15, 0.2) is 5.16 Å². The van der Waals surface area contributed by atoms with Crippen molar-refractivity contribution in [2.24, 2.45) is 0 Å². The summed E-state index contributed by atoms with van der Waals surface area (Å²) in [5.41, 5.74) is 1.56. The van der Waals surface area contributed by atoms with Crippen LogP contribution in [0.15, 0.2) is 59.9 Å². The van der Waals surface area contributed by atoms with E-state index >= 15 is 0 Å². The number of amides is 2. The van der Waals surface area contributed by atoms with Crippen LogP contribution < -0.4 is 15.0 Å². The second-order valence-electron chi connectivity index (χ2n) is 8.56. The summed E-state index contributed by atoms with van der Waals surface area (Å²) in [5, 5.41) is 3.64. The number of anilines is 1. The number of piperazine rings is 1. The molecule has 0 saturated carbocycles. The molecule has 2 amide bonds. The van der Waals surface area contributed by atoms with Crippen LogP contribution in [0.1, 0.15) is 23.0 Å². The van der Waals surface area contributed by atoms with Crippen LogP contribution in [0.2, 0.25) is 5.15 Å². The van der Waals surface area contributed by atoms with E-state index in [1.807, 2.05) is 30.0 Å². The first-order chi connectivity index (χ1) is 17.9. The third kappa shape index (κ3) is 7.33. The summed E-state index contributed by atoms with van der Waals surface area (Å²) in [7, 11) is 1.60. The van der Waals surface area contributed by atoms with Crippen LogP contribution in [0.3, 0.4) is 0 Å². The Morgan fingerprint density at radius 1 is 1.16 bits per heavy atom. The lowest BCUT2D eigenvalue weighted by molar-refractivity contribution is -0.118. The number of pyridine rings is 1. The van der Waals surface area contributed by atoms with Crippen LogP contribution >= 0.6 is 23.4 Å². The SMILES string of the molecule is COc1ccc(C(=O)N2CCN(c3cc(Cl)nc(SCC(=O)NCCc4ccccn4)n3)CC2C)cc1. The molecule has 0 radical (unpaired) electrons. The number of benzene rings is 1. The molecule has 1 fully saturated rings. The molecule has 1 saturated heterocycles. The zero-order chi connectivity index (χ0) is 26.2. The predicted octanol–water partition coefficient (Wildman–Crippen LogP) is 3.34. The third-order valence-electron chi connectivity index (χ3n) is 5.97. The lowest BCUT2D eigenvalue weighted by Gasteiger charge is -2.40. The van der Waals surface area contributed by atoms with Crippen molar-refractivity contribution >= 4 is 41.0 Å². The maximum atomic E-state index is 13.0. The van der Waals surface area contributed by atoms with Crippen LogP contribution in [-0.2, 0) is 11.2 Å². The van der Waals surface area contributed by atoms with Gasteiger partial charge in [0.25, 0.3) is 5.91 Å². The van der Waals surface area contributed by atoms with E-state index in [1.165, 1.54) is 11.8 Å². The Hall–Kier alpha value is -3.37. The molecule has 1 aliphatic heterocycles. The molecule has 4 rings (SSSR count). The number of carbonyl (C=O) groups excluding carboxylic acids is 2. The average Bonchev–Trinajstić information content (AvgIpc) is 2.92. The lowest BCUT2D eigenvalue weighted by atomic mass is 10.1. The number of ether oxygens (including phenoxy) is 1. The largest absolute Gasteiger partial charge is 0.497 e. The summed E-state index contributed by atoms with van der Waals surface area (Å²) >= 11 is 7.52. The van der Waals surface area contributed by atoms with Crippen molar-refractivity contribution in [3.8, 4) is 5.75 Å². The fraction of sp³-hybridized carbons (Fsp3) is 0.346. The first-order valence-corrected chi connectivity index (χ1v) is 13.3. The minimum Gasteiger partial charge on any atom is -0.497 e. The van der Waals surface area contributed by atoms with Gasteiger partial charge in [-0.3, -0.25) is 14.6 Å². The van der Waals surface area contributed by atoms with Gasteiger partial charge >= 0.3 is 0 Å². The second-order valence-corrected chi connectivity index (χ2v) is 9.89. The quantitative estimate of drug-likeness (QED) is 0.250. The number of halogens is 1. The number of nitrogens with zero attached hydrogens (tertiary/aromatic N) is 5. The van der Waals surface area contributed by atoms with Crippen molar-refractivity contribution in [2.75, 3.05) is 43.9 Å². The lowest BCUT2D eigenvalue weighted by Crippen LogP contribution is -2.54. The van der Waals surface area contributed by atoms with Crippen LogP contribution in [0.5, 0.6) is 5.75 Å². The predicted molar refractivity (Wildman–Crippen MR) is 144 cm³/mol. The molecule has 0 aliphatic carbocycles. The zero-order valence-corrected chi connectivity index (χ0v) is 22.3. The van der Waals surface area contributed by atoms with E-state index in [0.29, 0.717) is 60.0 Å². The number of nitrogens with one attached hydrogen (secondary N) is 1. The number of rotatable bonds is 9. The molecular weight excluding hydrogens is 512 g/mol. The fourth-order valence-corrected chi connectivity index (χ4v) is 4.95. The molecule has 37 heavy (non-hydrogen) atoms. The van der Waals surface area contributed by atoms with Crippen LogP contribution in [-0.4, -0.2) is 76.7 Å². The highest BCUT2D eigenvalue weighted by atomic mass is 35.5. The Labute approximate surface area is 225 Å². The molecule has 194 valence electrons. The van der Waals surface area contributed by atoms with Crippen LogP contribution in [0, 0.1) is 0 Å². The molecule has 0 bridgehead atoms. The monoisotopic (exact) mass is 540 g/mol. The van der Waals surface area contributed by atoms with Gasteiger partial charge in [-0.25, -0.2) is 9.97 Å². The van der Waals surface area contributed by atoms with Gasteiger partial charge in [0, 0.05) is 62.2 Å². The minimum atomic E-state index is -0.106. The van der Waals surface area contributed by atoms with Crippen LogP contribution in [0.25, 0.3) is 0 Å². The maximum absolute atomic E-state index is 13.0. The Kier molecular flexibility index (Phi) is 9.19. The average molecular weight is 541 g/mol. The van der Waals surface area contributed by atoms with Crippen molar-refractivity contribution in [3.63, 3.8) is 0 Å². The molecule has 1 aromatic carbocycles.